The molecule has 1 aromatic rings. The Hall–Kier alpha value is -1.92. The molecule has 1 aliphatic heterocycles. The highest BCUT2D eigenvalue weighted by molar-refractivity contribution is 6.35. The van der Waals surface area contributed by atoms with Crippen LogP contribution in [0.4, 0.5) is 0 Å². The molecule has 0 bridgehead atoms. The number of carbonyl (C=O) groups excluding carboxylic acids is 2. The van der Waals surface area contributed by atoms with Gasteiger partial charge in [-0.3, -0.25) is 9.59 Å². The second kappa shape index (κ2) is 7.76. The zero-order valence-corrected chi connectivity index (χ0v) is 16.2. The maximum Gasteiger partial charge on any atom is 0.313 e. The lowest BCUT2D eigenvalue weighted by molar-refractivity contribution is -0.164. The molecule has 1 heterocycles. The predicted molar refractivity (Wildman–Crippen MR) is 101 cm³/mol. The minimum atomic E-state index is -0.584. The summed E-state index contributed by atoms with van der Waals surface area (Å²) in [4.78, 5) is 29.2. The SMILES string of the molecule is CC1(C)CC(N)CC(C)(C)N1C(=O)C(=O)N(CCO)Cc1ccccc1. The first-order valence-electron chi connectivity index (χ1n) is 9.12. The van der Waals surface area contributed by atoms with Crippen LogP contribution in [0, 0.1) is 0 Å². The molecule has 1 aromatic carbocycles. The highest BCUT2D eigenvalue weighted by Gasteiger charge is 2.49. The standard InChI is InChI=1S/C20H31N3O3/c1-19(2)12-16(21)13-20(3,4)23(19)18(26)17(25)22(10-11-24)14-15-8-6-5-7-9-15/h5-9,16,24H,10-14,21H2,1-4H3. The molecule has 1 saturated heterocycles. The van der Waals surface area contributed by atoms with Gasteiger partial charge in [0.1, 0.15) is 0 Å². The molecule has 2 rings (SSSR count). The second-order valence-corrected chi connectivity index (χ2v) is 8.37. The zero-order chi connectivity index (χ0) is 19.5. The van der Waals surface area contributed by atoms with Gasteiger partial charge in [-0.15, -0.1) is 0 Å². The summed E-state index contributed by atoms with van der Waals surface area (Å²) >= 11 is 0. The van der Waals surface area contributed by atoms with E-state index < -0.39 is 22.9 Å². The Morgan fingerprint density at radius 3 is 2.19 bits per heavy atom. The van der Waals surface area contributed by atoms with E-state index in [0.717, 1.165) is 5.56 Å². The Morgan fingerprint density at radius 2 is 1.69 bits per heavy atom. The van der Waals surface area contributed by atoms with Crippen LogP contribution in [0.5, 0.6) is 0 Å². The molecule has 0 aliphatic carbocycles. The third-order valence-corrected chi connectivity index (χ3v) is 4.99. The van der Waals surface area contributed by atoms with E-state index in [0.29, 0.717) is 19.4 Å². The largest absolute Gasteiger partial charge is 0.395 e. The summed E-state index contributed by atoms with van der Waals surface area (Å²) in [6.45, 7) is 8.02. The van der Waals surface area contributed by atoms with E-state index in [1.54, 1.807) is 4.90 Å². The van der Waals surface area contributed by atoms with Gasteiger partial charge in [0.15, 0.2) is 0 Å². The maximum absolute atomic E-state index is 13.2. The molecule has 26 heavy (non-hydrogen) atoms. The number of hydrogen-bond acceptors (Lipinski definition) is 4. The molecule has 0 radical (unpaired) electrons. The van der Waals surface area contributed by atoms with E-state index in [9.17, 15) is 14.7 Å². The summed E-state index contributed by atoms with van der Waals surface area (Å²) in [5, 5.41) is 9.36. The first-order chi connectivity index (χ1) is 12.1. The summed E-state index contributed by atoms with van der Waals surface area (Å²) < 4.78 is 0. The molecular weight excluding hydrogens is 330 g/mol. The Balaban J connectivity index is 2.25. The van der Waals surface area contributed by atoms with Crippen LogP contribution in [0.1, 0.15) is 46.1 Å². The molecule has 1 aliphatic rings. The number of nitrogens with zero attached hydrogens (tertiary/aromatic N) is 2. The van der Waals surface area contributed by atoms with Crippen molar-refractivity contribution >= 4 is 11.8 Å². The van der Waals surface area contributed by atoms with Crippen molar-refractivity contribution in [3.63, 3.8) is 0 Å². The molecule has 0 atom stereocenters. The van der Waals surface area contributed by atoms with E-state index >= 15 is 0 Å². The molecule has 6 heteroatoms. The number of piperidine rings is 1. The summed E-state index contributed by atoms with van der Waals surface area (Å²) in [5.41, 5.74) is 6.07. The van der Waals surface area contributed by atoms with Gasteiger partial charge in [-0.1, -0.05) is 30.3 Å². The van der Waals surface area contributed by atoms with Gasteiger partial charge in [-0.2, -0.15) is 0 Å². The van der Waals surface area contributed by atoms with E-state index in [-0.39, 0.29) is 19.2 Å². The van der Waals surface area contributed by atoms with Crippen molar-refractivity contribution in [3.8, 4) is 0 Å². The molecule has 0 saturated carbocycles. The summed E-state index contributed by atoms with van der Waals surface area (Å²) in [6, 6.07) is 9.46. The lowest BCUT2D eigenvalue weighted by Gasteiger charge is -2.54. The predicted octanol–water partition coefficient (Wildman–Crippen LogP) is 1.51. The number of hydrogen-bond donors (Lipinski definition) is 2. The maximum atomic E-state index is 13.2. The molecular formula is C20H31N3O3. The van der Waals surface area contributed by atoms with Crippen LogP contribution in [0.15, 0.2) is 30.3 Å². The number of aliphatic hydroxyl groups is 1. The lowest BCUT2D eigenvalue weighted by atomic mass is 9.77. The van der Waals surface area contributed by atoms with Gasteiger partial charge in [-0.05, 0) is 46.1 Å². The number of likely N-dealkylation sites (tertiary alicyclic amines) is 1. The van der Waals surface area contributed by atoms with E-state index in [1.807, 2.05) is 58.0 Å². The van der Waals surface area contributed by atoms with Crippen molar-refractivity contribution in [3.05, 3.63) is 35.9 Å². The Labute approximate surface area is 156 Å². The van der Waals surface area contributed by atoms with E-state index in [2.05, 4.69) is 0 Å². The number of benzene rings is 1. The number of aliphatic hydroxyl groups excluding tert-OH is 1. The van der Waals surface area contributed by atoms with Crippen molar-refractivity contribution in [2.45, 2.75) is 64.2 Å². The monoisotopic (exact) mass is 361 g/mol. The molecule has 6 nitrogen and oxygen atoms in total. The van der Waals surface area contributed by atoms with Crippen LogP contribution in [-0.2, 0) is 16.1 Å². The van der Waals surface area contributed by atoms with Gasteiger partial charge in [-0.25, -0.2) is 0 Å². The fraction of sp³-hybridized carbons (Fsp3) is 0.600. The van der Waals surface area contributed by atoms with Gasteiger partial charge >= 0.3 is 11.8 Å². The molecule has 144 valence electrons. The van der Waals surface area contributed by atoms with E-state index in [1.165, 1.54) is 4.90 Å². The molecule has 2 amide bonds. The molecule has 3 N–H and O–H groups in total. The van der Waals surface area contributed by atoms with Gasteiger partial charge < -0.3 is 20.6 Å². The third-order valence-electron chi connectivity index (χ3n) is 4.99. The highest BCUT2D eigenvalue weighted by atomic mass is 16.3. The smallest absolute Gasteiger partial charge is 0.313 e. The van der Waals surface area contributed by atoms with Crippen LogP contribution in [0.2, 0.25) is 0 Å². The van der Waals surface area contributed by atoms with Crippen LogP contribution >= 0.6 is 0 Å². The zero-order valence-electron chi connectivity index (χ0n) is 16.2. The summed E-state index contributed by atoms with van der Waals surface area (Å²) in [6.07, 6.45) is 1.29. The van der Waals surface area contributed by atoms with Crippen molar-refractivity contribution in [1.29, 1.82) is 0 Å². The molecule has 0 unspecified atom stereocenters. The number of amides is 2. The molecule has 0 spiro atoms. The minimum absolute atomic E-state index is 0.00276. The Bertz CT molecular complexity index is 625. The lowest BCUT2D eigenvalue weighted by Crippen LogP contribution is -2.67. The van der Waals surface area contributed by atoms with Gasteiger partial charge in [0.2, 0.25) is 0 Å². The molecule has 0 aromatic heterocycles. The van der Waals surface area contributed by atoms with Crippen LogP contribution in [-0.4, -0.2) is 57.0 Å². The average molecular weight is 361 g/mol. The minimum Gasteiger partial charge on any atom is -0.395 e. The molecule has 1 fully saturated rings. The third kappa shape index (κ3) is 4.43. The summed E-state index contributed by atoms with van der Waals surface area (Å²) in [7, 11) is 0. The number of carbonyl (C=O) groups is 2. The van der Waals surface area contributed by atoms with Gasteiger partial charge in [0.05, 0.1) is 6.61 Å². The number of rotatable bonds is 4. The Morgan fingerprint density at radius 1 is 1.15 bits per heavy atom. The van der Waals surface area contributed by atoms with Gasteiger partial charge in [0, 0.05) is 30.2 Å². The van der Waals surface area contributed by atoms with Crippen molar-refractivity contribution in [2.24, 2.45) is 5.73 Å². The van der Waals surface area contributed by atoms with Crippen molar-refractivity contribution in [1.82, 2.24) is 9.80 Å². The van der Waals surface area contributed by atoms with E-state index in [4.69, 9.17) is 5.73 Å². The Kier molecular flexibility index (Phi) is 6.09. The van der Waals surface area contributed by atoms with Crippen LogP contribution in [0.3, 0.4) is 0 Å². The van der Waals surface area contributed by atoms with Gasteiger partial charge in [0.25, 0.3) is 0 Å². The first kappa shape index (κ1) is 20.4. The highest BCUT2D eigenvalue weighted by Crippen LogP contribution is 2.38. The van der Waals surface area contributed by atoms with Crippen LogP contribution < -0.4 is 5.73 Å². The van der Waals surface area contributed by atoms with Crippen molar-refractivity contribution in [2.75, 3.05) is 13.2 Å². The fourth-order valence-electron chi connectivity index (χ4n) is 4.31. The van der Waals surface area contributed by atoms with Crippen molar-refractivity contribution < 1.29 is 14.7 Å². The fourth-order valence-corrected chi connectivity index (χ4v) is 4.31. The normalized spacial score (nSPS) is 19.2. The number of nitrogens with two attached hydrogens (primary N) is 1. The second-order valence-electron chi connectivity index (χ2n) is 8.37. The van der Waals surface area contributed by atoms with Crippen LogP contribution in [0.25, 0.3) is 0 Å². The summed E-state index contributed by atoms with van der Waals surface area (Å²) in [5.74, 6) is -1.11. The topological polar surface area (TPSA) is 86.9 Å². The quantitative estimate of drug-likeness (QED) is 0.796. The first-order valence-corrected chi connectivity index (χ1v) is 9.12. The average Bonchev–Trinajstić information content (AvgIpc) is 2.51.